The molecule has 18 heavy (non-hydrogen) atoms. The first-order valence-electron chi connectivity index (χ1n) is 6.20. The summed E-state index contributed by atoms with van der Waals surface area (Å²) in [5.74, 6) is 0.462. The summed E-state index contributed by atoms with van der Waals surface area (Å²) in [6.07, 6.45) is 0. The van der Waals surface area contributed by atoms with E-state index in [0.29, 0.717) is 12.5 Å². The van der Waals surface area contributed by atoms with Crippen LogP contribution in [0, 0.1) is 12.8 Å². The monoisotopic (exact) mass is 312 g/mol. The standard InChI is InChI=1S/C14H21BrN2O/c1-9(2)11(4)17-13(18)8-16-12-7-5-6-10(3)14(12)15/h5-7,9,11,16H,8H2,1-4H3,(H,17,18). The maximum Gasteiger partial charge on any atom is 0.239 e. The van der Waals surface area contributed by atoms with Crippen molar-refractivity contribution in [2.24, 2.45) is 5.92 Å². The van der Waals surface area contributed by atoms with Gasteiger partial charge in [-0.1, -0.05) is 26.0 Å². The van der Waals surface area contributed by atoms with Crippen molar-refractivity contribution in [3.8, 4) is 0 Å². The summed E-state index contributed by atoms with van der Waals surface area (Å²) in [7, 11) is 0. The summed E-state index contributed by atoms with van der Waals surface area (Å²) in [5, 5.41) is 6.11. The Kier molecular flexibility index (Phi) is 5.66. The maximum absolute atomic E-state index is 11.7. The minimum atomic E-state index is 0.0182. The van der Waals surface area contributed by atoms with E-state index < -0.39 is 0 Å². The second-order valence-electron chi connectivity index (χ2n) is 4.89. The summed E-state index contributed by atoms with van der Waals surface area (Å²) in [6.45, 7) is 8.52. The largest absolute Gasteiger partial charge is 0.375 e. The van der Waals surface area contributed by atoms with Crippen LogP contribution in [0.2, 0.25) is 0 Å². The molecule has 1 amide bonds. The number of benzene rings is 1. The molecule has 1 rings (SSSR count). The molecule has 0 fully saturated rings. The van der Waals surface area contributed by atoms with Crippen LogP contribution in [0.15, 0.2) is 22.7 Å². The molecule has 1 atom stereocenters. The highest BCUT2D eigenvalue weighted by atomic mass is 79.9. The van der Waals surface area contributed by atoms with E-state index in [0.717, 1.165) is 15.7 Å². The van der Waals surface area contributed by atoms with E-state index in [2.05, 4.69) is 40.4 Å². The van der Waals surface area contributed by atoms with Gasteiger partial charge in [-0.3, -0.25) is 4.79 Å². The molecule has 0 radical (unpaired) electrons. The summed E-state index contributed by atoms with van der Waals surface area (Å²) < 4.78 is 1.01. The zero-order valence-corrected chi connectivity index (χ0v) is 13.0. The molecule has 0 aliphatic heterocycles. The van der Waals surface area contributed by atoms with Crippen molar-refractivity contribution in [1.82, 2.24) is 5.32 Å². The molecule has 0 aromatic heterocycles. The Balaban J connectivity index is 2.50. The van der Waals surface area contributed by atoms with Gasteiger partial charge in [-0.15, -0.1) is 0 Å². The van der Waals surface area contributed by atoms with E-state index in [9.17, 15) is 4.79 Å². The van der Waals surface area contributed by atoms with Crippen molar-refractivity contribution < 1.29 is 4.79 Å². The van der Waals surface area contributed by atoms with Gasteiger partial charge in [-0.2, -0.15) is 0 Å². The number of aryl methyl sites for hydroxylation is 1. The Bertz CT molecular complexity index is 418. The predicted octanol–water partition coefficient (Wildman–Crippen LogP) is 3.33. The van der Waals surface area contributed by atoms with Crippen molar-refractivity contribution in [1.29, 1.82) is 0 Å². The molecular formula is C14H21BrN2O. The van der Waals surface area contributed by atoms with Crippen LogP contribution in [0.4, 0.5) is 5.69 Å². The van der Waals surface area contributed by atoms with Crippen molar-refractivity contribution in [3.63, 3.8) is 0 Å². The molecule has 0 heterocycles. The van der Waals surface area contributed by atoms with Crippen LogP contribution in [0.1, 0.15) is 26.3 Å². The van der Waals surface area contributed by atoms with Crippen LogP contribution in [-0.4, -0.2) is 18.5 Å². The van der Waals surface area contributed by atoms with Gasteiger partial charge < -0.3 is 10.6 Å². The highest BCUT2D eigenvalue weighted by molar-refractivity contribution is 9.10. The lowest BCUT2D eigenvalue weighted by molar-refractivity contribution is -0.120. The van der Waals surface area contributed by atoms with E-state index >= 15 is 0 Å². The smallest absolute Gasteiger partial charge is 0.239 e. The molecule has 4 heteroatoms. The van der Waals surface area contributed by atoms with E-state index in [-0.39, 0.29) is 11.9 Å². The average Bonchev–Trinajstić information content (AvgIpc) is 2.31. The van der Waals surface area contributed by atoms with Gasteiger partial charge in [0.25, 0.3) is 0 Å². The van der Waals surface area contributed by atoms with Gasteiger partial charge in [0.05, 0.1) is 6.54 Å². The summed E-state index contributed by atoms with van der Waals surface area (Å²) in [4.78, 5) is 11.7. The number of anilines is 1. The van der Waals surface area contributed by atoms with Gasteiger partial charge in [0.1, 0.15) is 0 Å². The van der Waals surface area contributed by atoms with Gasteiger partial charge in [0.15, 0.2) is 0 Å². The van der Waals surface area contributed by atoms with Crippen LogP contribution in [0.5, 0.6) is 0 Å². The van der Waals surface area contributed by atoms with E-state index in [1.807, 2.05) is 32.0 Å². The van der Waals surface area contributed by atoms with Gasteiger partial charge in [0.2, 0.25) is 5.91 Å². The molecule has 100 valence electrons. The summed E-state index contributed by atoms with van der Waals surface area (Å²) in [6, 6.07) is 6.14. The topological polar surface area (TPSA) is 41.1 Å². The number of amides is 1. The van der Waals surface area contributed by atoms with Crippen molar-refractivity contribution >= 4 is 27.5 Å². The lowest BCUT2D eigenvalue weighted by Gasteiger charge is -2.18. The van der Waals surface area contributed by atoms with Crippen molar-refractivity contribution in [2.45, 2.75) is 33.7 Å². The Hall–Kier alpha value is -1.03. The number of nitrogens with one attached hydrogen (secondary N) is 2. The molecule has 0 aliphatic carbocycles. The SMILES string of the molecule is Cc1cccc(NCC(=O)NC(C)C(C)C)c1Br. The Morgan fingerprint density at radius 2 is 2.00 bits per heavy atom. The minimum Gasteiger partial charge on any atom is -0.375 e. The molecule has 1 aromatic carbocycles. The quantitative estimate of drug-likeness (QED) is 0.875. The summed E-state index contributed by atoms with van der Waals surface area (Å²) in [5.41, 5.74) is 2.10. The third-order valence-electron chi connectivity index (χ3n) is 3.02. The lowest BCUT2D eigenvalue weighted by atomic mass is 10.1. The fraction of sp³-hybridized carbons (Fsp3) is 0.500. The molecule has 1 unspecified atom stereocenters. The molecule has 0 bridgehead atoms. The third-order valence-corrected chi connectivity index (χ3v) is 4.07. The average molecular weight is 313 g/mol. The van der Waals surface area contributed by atoms with Crippen LogP contribution in [0.25, 0.3) is 0 Å². The normalized spacial score (nSPS) is 12.3. The first-order chi connectivity index (χ1) is 8.41. The predicted molar refractivity (Wildman–Crippen MR) is 79.8 cm³/mol. The summed E-state index contributed by atoms with van der Waals surface area (Å²) >= 11 is 3.51. The molecule has 0 spiro atoms. The first-order valence-corrected chi connectivity index (χ1v) is 6.99. The first kappa shape index (κ1) is 15.0. The highest BCUT2D eigenvalue weighted by Crippen LogP contribution is 2.25. The minimum absolute atomic E-state index is 0.0182. The second kappa shape index (κ2) is 6.78. The van der Waals surface area contributed by atoms with Gasteiger partial charge in [-0.05, 0) is 47.3 Å². The van der Waals surface area contributed by atoms with E-state index in [1.165, 1.54) is 0 Å². The van der Waals surface area contributed by atoms with Crippen LogP contribution < -0.4 is 10.6 Å². The lowest BCUT2D eigenvalue weighted by Crippen LogP contribution is -2.39. The number of carbonyl (C=O) groups excluding carboxylic acids is 1. The fourth-order valence-corrected chi connectivity index (χ4v) is 1.84. The molecule has 3 nitrogen and oxygen atoms in total. The molecule has 0 saturated carbocycles. The zero-order valence-electron chi connectivity index (χ0n) is 11.4. The maximum atomic E-state index is 11.7. The van der Waals surface area contributed by atoms with Crippen LogP contribution in [-0.2, 0) is 4.79 Å². The van der Waals surface area contributed by atoms with Crippen molar-refractivity contribution in [3.05, 3.63) is 28.2 Å². The third kappa shape index (κ3) is 4.33. The van der Waals surface area contributed by atoms with Crippen LogP contribution >= 0.6 is 15.9 Å². The molecule has 2 N–H and O–H groups in total. The number of halogens is 1. The Morgan fingerprint density at radius 1 is 1.33 bits per heavy atom. The Morgan fingerprint density at radius 3 is 2.61 bits per heavy atom. The van der Waals surface area contributed by atoms with Crippen molar-refractivity contribution in [2.75, 3.05) is 11.9 Å². The number of carbonyl (C=O) groups is 1. The van der Waals surface area contributed by atoms with Crippen LogP contribution in [0.3, 0.4) is 0 Å². The molecule has 0 saturated heterocycles. The number of hydrogen-bond donors (Lipinski definition) is 2. The highest BCUT2D eigenvalue weighted by Gasteiger charge is 2.11. The zero-order chi connectivity index (χ0) is 13.7. The van der Waals surface area contributed by atoms with Gasteiger partial charge >= 0.3 is 0 Å². The number of hydrogen-bond acceptors (Lipinski definition) is 2. The van der Waals surface area contributed by atoms with Gasteiger partial charge in [0, 0.05) is 16.2 Å². The Labute approximate surface area is 117 Å². The fourth-order valence-electron chi connectivity index (χ4n) is 1.43. The second-order valence-corrected chi connectivity index (χ2v) is 5.68. The van der Waals surface area contributed by atoms with Gasteiger partial charge in [-0.25, -0.2) is 0 Å². The van der Waals surface area contributed by atoms with E-state index in [4.69, 9.17) is 0 Å². The van der Waals surface area contributed by atoms with E-state index in [1.54, 1.807) is 0 Å². The number of rotatable bonds is 5. The molecule has 0 aliphatic rings. The molecular weight excluding hydrogens is 292 g/mol. The molecule has 1 aromatic rings.